The van der Waals surface area contributed by atoms with E-state index in [1.807, 2.05) is 26.0 Å². The van der Waals surface area contributed by atoms with Crippen LogP contribution in [-0.4, -0.2) is 19.3 Å². The third-order valence-corrected chi connectivity index (χ3v) is 3.61. The van der Waals surface area contributed by atoms with Crippen LogP contribution < -0.4 is 15.2 Å². The number of nitrogens with two attached hydrogens (primary N) is 1. The Balaban J connectivity index is 2.77. The van der Waals surface area contributed by atoms with Crippen molar-refractivity contribution in [2.75, 3.05) is 13.2 Å². The summed E-state index contributed by atoms with van der Waals surface area (Å²) in [5.74, 6) is 1.49. The van der Waals surface area contributed by atoms with Crippen LogP contribution in [0, 0.1) is 0 Å². The number of halogens is 1. The number of aryl methyl sites for hydroxylation is 1. The van der Waals surface area contributed by atoms with Crippen molar-refractivity contribution in [2.45, 2.75) is 52.5 Å². The summed E-state index contributed by atoms with van der Waals surface area (Å²) in [7, 11) is 0. The summed E-state index contributed by atoms with van der Waals surface area (Å²) in [5, 5.41) is 0.738. The Hall–Kier alpha value is -0.930. The predicted molar refractivity (Wildman–Crippen MR) is 85.0 cm³/mol. The quantitative estimate of drug-likeness (QED) is 0.743. The highest BCUT2D eigenvalue weighted by molar-refractivity contribution is 6.31. The van der Waals surface area contributed by atoms with Crippen LogP contribution in [0.2, 0.25) is 5.02 Å². The minimum Gasteiger partial charge on any atom is -0.490 e. The summed E-state index contributed by atoms with van der Waals surface area (Å²) in [4.78, 5) is 0. The molecule has 0 heterocycles. The van der Waals surface area contributed by atoms with Gasteiger partial charge in [-0.15, -0.1) is 0 Å². The highest BCUT2D eigenvalue weighted by Gasteiger charge is 2.11. The van der Waals surface area contributed by atoms with Gasteiger partial charge in [0, 0.05) is 17.1 Å². The van der Waals surface area contributed by atoms with E-state index >= 15 is 0 Å². The molecule has 4 heteroatoms. The van der Waals surface area contributed by atoms with Gasteiger partial charge in [-0.1, -0.05) is 18.5 Å². The van der Waals surface area contributed by atoms with Crippen LogP contribution in [-0.2, 0) is 6.42 Å². The molecule has 0 radical (unpaired) electrons. The largest absolute Gasteiger partial charge is 0.490 e. The second-order valence-corrected chi connectivity index (χ2v) is 5.22. The fourth-order valence-corrected chi connectivity index (χ4v) is 2.31. The van der Waals surface area contributed by atoms with Crippen LogP contribution in [0.25, 0.3) is 0 Å². The van der Waals surface area contributed by atoms with E-state index in [1.54, 1.807) is 0 Å². The third kappa shape index (κ3) is 5.22. The van der Waals surface area contributed by atoms with Gasteiger partial charge >= 0.3 is 0 Å². The second kappa shape index (κ2) is 9.09. The molecule has 0 saturated heterocycles. The smallest absolute Gasteiger partial charge is 0.162 e. The third-order valence-electron chi connectivity index (χ3n) is 3.26. The Morgan fingerprint density at radius 1 is 1.10 bits per heavy atom. The van der Waals surface area contributed by atoms with E-state index in [2.05, 4.69) is 6.92 Å². The van der Waals surface area contributed by atoms with Crippen molar-refractivity contribution in [1.82, 2.24) is 0 Å². The number of rotatable bonds is 9. The maximum Gasteiger partial charge on any atom is 0.162 e. The maximum absolute atomic E-state index is 6.32. The van der Waals surface area contributed by atoms with Crippen LogP contribution in [0.5, 0.6) is 11.5 Å². The van der Waals surface area contributed by atoms with E-state index in [1.165, 1.54) is 0 Å². The van der Waals surface area contributed by atoms with E-state index < -0.39 is 0 Å². The molecule has 0 aliphatic carbocycles. The monoisotopic (exact) mass is 299 g/mol. The Morgan fingerprint density at radius 2 is 1.70 bits per heavy atom. The molecule has 114 valence electrons. The van der Waals surface area contributed by atoms with Crippen LogP contribution >= 0.6 is 11.6 Å². The topological polar surface area (TPSA) is 44.5 Å². The van der Waals surface area contributed by atoms with E-state index in [9.17, 15) is 0 Å². The minimum absolute atomic E-state index is 0.280. The molecule has 3 nitrogen and oxygen atoms in total. The standard InChI is InChI=1S/C16H26ClNO2/c1-4-13(18)9-7-8-12-10-15(19-5-2)16(20-6-3)11-14(12)17/h10-11,13H,4-9,18H2,1-3H3. The minimum atomic E-state index is 0.280. The molecule has 1 atom stereocenters. The zero-order chi connectivity index (χ0) is 15.0. The van der Waals surface area contributed by atoms with Crippen molar-refractivity contribution in [3.63, 3.8) is 0 Å². The first kappa shape index (κ1) is 17.1. The van der Waals surface area contributed by atoms with Gasteiger partial charge in [-0.05, 0) is 51.2 Å². The van der Waals surface area contributed by atoms with Gasteiger partial charge in [0.15, 0.2) is 11.5 Å². The SMILES string of the molecule is CCOc1cc(Cl)c(CCCC(N)CC)cc1OCC. The van der Waals surface area contributed by atoms with Crippen molar-refractivity contribution < 1.29 is 9.47 Å². The van der Waals surface area contributed by atoms with Gasteiger partial charge in [0.05, 0.1) is 13.2 Å². The first-order valence-electron chi connectivity index (χ1n) is 7.45. The van der Waals surface area contributed by atoms with Crippen LogP contribution in [0.15, 0.2) is 12.1 Å². The highest BCUT2D eigenvalue weighted by atomic mass is 35.5. The molecule has 1 unspecified atom stereocenters. The van der Waals surface area contributed by atoms with Crippen molar-refractivity contribution in [2.24, 2.45) is 5.73 Å². The lowest BCUT2D eigenvalue weighted by Crippen LogP contribution is -2.18. The van der Waals surface area contributed by atoms with E-state index in [0.717, 1.165) is 42.0 Å². The van der Waals surface area contributed by atoms with Gasteiger partial charge in [-0.3, -0.25) is 0 Å². The molecule has 0 aliphatic heterocycles. The molecular formula is C16H26ClNO2. The molecule has 0 fully saturated rings. The Morgan fingerprint density at radius 3 is 2.25 bits per heavy atom. The molecule has 1 rings (SSSR count). The Bertz CT molecular complexity index is 410. The fourth-order valence-electron chi connectivity index (χ4n) is 2.06. The van der Waals surface area contributed by atoms with Crippen molar-refractivity contribution in [3.05, 3.63) is 22.7 Å². The van der Waals surface area contributed by atoms with E-state index in [-0.39, 0.29) is 6.04 Å². The lowest BCUT2D eigenvalue weighted by molar-refractivity contribution is 0.287. The zero-order valence-electron chi connectivity index (χ0n) is 12.7. The van der Waals surface area contributed by atoms with Gasteiger partial charge in [-0.2, -0.15) is 0 Å². The number of hydrogen-bond donors (Lipinski definition) is 1. The molecule has 0 aromatic heterocycles. The molecule has 0 amide bonds. The van der Waals surface area contributed by atoms with Crippen LogP contribution in [0.1, 0.15) is 45.6 Å². The maximum atomic E-state index is 6.32. The summed E-state index contributed by atoms with van der Waals surface area (Å²) in [6.45, 7) is 7.23. The number of benzene rings is 1. The van der Waals surface area contributed by atoms with Crippen LogP contribution in [0.4, 0.5) is 0 Å². The molecule has 0 aliphatic rings. The summed E-state index contributed by atoms with van der Waals surface area (Å²) < 4.78 is 11.2. The molecule has 0 spiro atoms. The van der Waals surface area contributed by atoms with Gasteiger partial charge in [0.1, 0.15) is 0 Å². The number of hydrogen-bond acceptors (Lipinski definition) is 3. The van der Waals surface area contributed by atoms with Gasteiger partial charge < -0.3 is 15.2 Å². The molecule has 1 aromatic carbocycles. The summed E-state index contributed by atoms with van der Waals surface area (Å²) in [5.41, 5.74) is 7.04. The van der Waals surface area contributed by atoms with Gasteiger partial charge in [0.2, 0.25) is 0 Å². The molecule has 0 bridgehead atoms. The molecule has 0 saturated carbocycles. The fraction of sp³-hybridized carbons (Fsp3) is 0.625. The first-order chi connectivity index (χ1) is 9.62. The van der Waals surface area contributed by atoms with Crippen molar-refractivity contribution >= 4 is 11.6 Å². The highest BCUT2D eigenvalue weighted by Crippen LogP contribution is 2.34. The zero-order valence-corrected chi connectivity index (χ0v) is 13.5. The van der Waals surface area contributed by atoms with Crippen molar-refractivity contribution in [3.8, 4) is 11.5 Å². The molecule has 20 heavy (non-hydrogen) atoms. The van der Waals surface area contributed by atoms with Gasteiger partial charge in [-0.25, -0.2) is 0 Å². The lowest BCUT2D eigenvalue weighted by atomic mass is 10.0. The van der Waals surface area contributed by atoms with Crippen molar-refractivity contribution in [1.29, 1.82) is 0 Å². The predicted octanol–water partition coefficient (Wildman–Crippen LogP) is 4.20. The number of ether oxygens (including phenoxy) is 2. The molecule has 2 N–H and O–H groups in total. The summed E-state index contributed by atoms with van der Waals surface area (Å²) in [6.07, 6.45) is 3.98. The Kier molecular flexibility index (Phi) is 7.78. The lowest BCUT2D eigenvalue weighted by Gasteiger charge is -2.14. The Labute approximate surface area is 127 Å². The van der Waals surface area contributed by atoms with E-state index in [4.69, 9.17) is 26.8 Å². The first-order valence-corrected chi connectivity index (χ1v) is 7.83. The summed E-state index contributed by atoms with van der Waals surface area (Å²) in [6, 6.07) is 4.13. The second-order valence-electron chi connectivity index (χ2n) is 4.82. The van der Waals surface area contributed by atoms with E-state index in [0.29, 0.717) is 19.0 Å². The molecular weight excluding hydrogens is 274 g/mol. The average molecular weight is 300 g/mol. The van der Waals surface area contributed by atoms with Crippen LogP contribution in [0.3, 0.4) is 0 Å². The summed E-state index contributed by atoms with van der Waals surface area (Å²) >= 11 is 6.32. The van der Waals surface area contributed by atoms with Gasteiger partial charge in [0.25, 0.3) is 0 Å². The normalized spacial score (nSPS) is 12.2. The molecule has 1 aromatic rings. The average Bonchev–Trinajstić information content (AvgIpc) is 2.43.